The SMILES string of the molecule is CC(Cc1cccs1)N(C)c1cccc(Cl)c1C(=O)O. The van der Waals surface area contributed by atoms with Crippen LogP contribution in [0.25, 0.3) is 0 Å². The first kappa shape index (κ1) is 14.9. The molecule has 106 valence electrons. The van der Waals surface area contributed by atoms with Crippen molar-refractivity contribution in [2.45, 2.75) is 19.4 Å². The van der Waals surface area contributed by atoms with E-state index in [2.05, 4.69) is 13.0 Å². The number of benzene rings is 1. The lowest BCUT2D eigenvalue weighted by Crippen LogP contribution is -2.31. The highest BCUT2D eigenvalue weighted by molar-refractivity contribution is 7.09. The maximum absolute atomic E-state index is 11.4. The van der Waals surface area contributed by atoms with Crippen molar-refractivity contribution in [2.24, 2.45) is 0 Å². The summed E-state index contributed by atoms with van der Waals surface area (Å²) >= 11 is 7.72. The molecular weight excluding hydrogens is 294 g/mol. The van der Waals surface area contributed by atoms with E-state index in [1.54, 1.807) is 29.5 Å². The van der Waals surface area contributed by atoms with Crippen LogP contribution in [0.2, 0.25) is 5.02 Å². The zero-order valence-electron chi connectivity index (χ0n) is 11.3. The molecule has 0 radical (unpaired) electrons. The number of aromatic carboxylic acids is 1. The lowest BCUT2D eigenvalue weighted by atomic mass is 10.1. The average molecular weight is 310 g/mol. The molecule has 1 unspecified atom stereocenters. The smallest absolute Gasteiger partial charge is 0.339 e. The molecule has 0 fully saturated rings. The van der Waals surface area contributed by atoms with E-state index in [1.165, 1.54) is 4.88 Å². The summed E-state index contributed by atoms with van der Waals surface area (Å²) in [5, 5.41) is 11.6. The Bertz CT molecular complexity index is 598. The van der Waals surface area contributed by atoms with Crippen LogP contribution in [-0.2, 0) is 6.42 Å². The van der Waals surface area contributed by atoms with Crippen LogP contribution in [0.1, 0.15) is 22.2 Å². The molecule has 0 bridgehead atoms. The predicted octanol–water partition coefficient (Wildman–Crippen LogP) is 4.17. The topological polar surface area (TPSA) is 40.5 Å². The molecule has 1 aromatic heterocycles. The van der Waals surface area contributed by atoms with E-state index in [9.17, 15) is 9.90 Å². The molecule has 0 amide bonds. The summed E-state index contributed by atoms with van der Waals surface area (Å²) in [4.78, 5) is 14.6. The summed E-state index contributed by atoms with van der Waals surface area (Å²) in [7, 11) is 1.90. The van der Waals surface area contributed by atoms with Crippen LogP contribution in [0.4, 0.5) is 5.69 Å². The van der Waals surface area contributed by atoms with Gasteiger partial charge in [-0.3, -0.25) is 0 Å². The van der Waals surface area contributed by atoms with Crippen molar-refractivity contribution in [1.29, 1.82) is 0 Å². The zero-order valence-corrected chi connectivity index (χ0v) is 12.9. The summed E-state index contributed by atoms with van der Waals surface area (Å²) in [6.45, 7) is 2.08. The predicted molar refractivity (Wildman–Crippen MR) is 84.3 cm³/mol. The number of thiophene rings is 1. The van der Waals surface area contributed by atoms with Gasteiger partial charge in [0.2, 0.25) is 0 Å². The number of hydrogen-bond acceptors (Lipinski definition) is 3. The number of anilines is 1. The lowest BCUT2D eigenvalue weighted by molar-refractivity contribution is 0.0697. The highest BCUT2D eigenvalue weighted by Gasteiger charge is 2.20. The maximum atomic E-state index is 11.4. The summed E-state index contributed by atoms with van der Waals surface area (Å²) in [5.41, 5.74) is 0.809. The number of carboxylic acids is 1. The minimum Gasteiger partial charge on any atom is -0.478 e. The first-order chi connectivity index (χ1) is 9.50. The Morgan fingerprint density at radius 2 is 2.15 bits per heavy atom. The van der Waals surface area contributed by atoms with E-state index < -0.39 is 5.97 Å². The highest BCUT2D eigenvalue weighted by Crippen LogP contribution is 2.29. The third kappa shape index (κ3) is 3.14. The molecule has 0 spiro atoms. The molecule has 0 aliphatic heterocycles. The molecule has 5 heteroatoms. The summed E-state index contributed by atoms with van der Waals surface area (Å²) in [6, 6.07) is 9.47. The van der Waals surface area contributed by atoms with Gasteiger partial charge in [-0.05, 0) is 30.5 Å². The van der Waals surface area contributed by atoms with Gasteiger partial charge in [0, 0.05) is 24.4 Å². The molecule has 0 saturated heterocycles. The molecule has 20 heavy (non-hydrogen) atoms. The summed E-state index contributed by atoms with van der Waals surface area (Å²) in [6.07, 6.45) is 0.875. The van der Waals surface area contributed by atoms with Gasteiger partial charge in [0.15, 0.2) is 0 Å². The molecular formula is C15H16ClNO2S. The second-order valence-corrected chi connectivity index (χ2v) is 6.12. The van der Waals surface area contributed by atoms with Gasteiger partial charge < -0.3 is 10.0 Å². The van der Waals surface area contributed by atoms with E-state index in [4.69, 9.17) is 11.6 Å². The Morgan fingerprint density at radius 3 is 2.75 bits per heavy atom. The quantitative estimate of drug-likeness (QED) is 0.901. The van der Waals surface area contributed by atoms with Crippen molar-refractivity contribution < 1.29 is 9.90 Å². The second-order valence-electron chi connectivity index (χ2n) is 4.68. The molecule has 1 heterocycles. The molecule has 2 aromatic rings. The molecule has 1 aromatic carbocycles. The largest absolute Gasteiger partial charge is 0.478 e. The van der Waals surface area contributed by atoms with E-state index >= 15 is 0 Å². The maximum Gasteiger partial charge on any atom is 0.339 e. The minimum atomic E-state index is -0.999. The fourth-order valence-electron chi connectivity index (χ4n) is 2.11. The van der Waals surface area contributed by atoms with Crippen molar-refractivity contribution in [3.63, 3.8) is 0 Å². The number of likely N-dealkylation sites (N-methyl/N-ethyl adjacent to an activating group) is 1. The van der Waals surface area contributed by atoms with E-state index in [0.29, 0.717) is 5.69 Å². The van der Waals surface area contributed by atoms with Crippen molar-refractivity contribution in [3.8, 4) is 0 Å². The van der Waals surface area contributed by atoms with Crippen LogP contribution in [0.15, 0.2) is 35.7 Å². The van der Waals surface area contributed by atoms with Crippen LogP contribution < -0.4 is 4.90 Å². The molecule has 0 aliphatic rings. The van der Waals surface area contributed by atoms with Crippen LogP contribution in [-0.4, -0.2) is 24.2 Å². The van der Waals surface area contributed by atoms with Crippen molar-refractivity contribution in [3.05, 3.63) is 51.2 Å². The number of halogens is 1. The first-order valence-corrected chi connectivity index (χ1v) is 7.53. The fraction of sp³-hybridized carbons (Fsp3) is 0.267. The van der Waals surface area contributed by atoms with Crippen LogP contribution in [0.3, 0.4) is 0 Å². The first-order valence-electron chi connectivity index (χ1n) is 6.27. The summed E-state index contributed by atoms with van der Waals surface area (Å²) in [5.74, 6) is -0.999. The Labute approximate surface area is 127 Å². The number of hydrogen-bond donors (Lipinski definition) is 1. The number of nitrogens with zero attached hydrogens (tertiary/aromatic N) is 1. The Morgan fingerprint density at radius 1 is 1.40 bits per heavy atom. The van der Waals surface area contributed by atoms with Crippen LogP contribution >= 0.6 is 22.9 Å². The minimum absolute atomic E-state index is 0.162. The van der Waals surface area contributed by atoms with Crippen molar-refractivity contribution in [2.75, 3.05) is 11.9 Å². The summed E-state index contributed by atoms with van der Waals surface area (Å²) < 4.78 is 0. The zero-order chi connectivity index (χ0) is 14.7. The normalized spacial score (nSPS) is 12.2. The molecule has 3 nitrogen and oxygen atoms in total. The van der Waals surface area contributed by atoms with Crippen molar-refractivity contribution in [1.82, 2.24) is 0 Å². The molecule has 0 saturated carbocycles. The van der Waals surface area contributed by atoms with Crippen LogP contribution in [0.5, 0.6) is 0 Å². The Balaban J connectivity index is 2.26. The lowest BCUT2D eigenvalue weighted by Gasteiger charge is -2.28. The standard InChI is InChI=1S/C15H16ClNO2S/c1-10(9-11-5-4-8-20-11)17(2)13-7-3-6-12(16)14(13)15(18)19/h3-8,10H,9H2,1-2H3,(H,18,19). The van der Waals surface area contributed by atoms with Gasteiger partial charge >= 0.3 is 5.97 Å². The van der Waals surface area contributed by atoms with E-state index in [0.717, 1.165) is 6.42 Å². The van der Waals surface area contributed by atoms with Gasteiger partial charge in [-0.2, -0.15) is 0 Å². The molecule has 2 rings (SSSR count). The number of carbonyl (C=O) groups is 1. The van der Waals surface area contributed by atoms with Gasteiger partial charge in [-0.1, -0.05) is 23.7 Å². The molecule has 1 atom stereocenters. The van der Waals surface area contributed by atoms with E-state index in [1.807, 2.05) is 23.4 Å². The number of carboxylic acid groups (broad SMARTS) is 1. The third-order valence-electron chi connectivity index (χ3n) is 3.32. The average Bonchev–Trinajstić information content (AvgIpc) is 2.89. The molecule has 0 aliphatic carbocycles. The van der Waals surface area contributed by atoms with Crippen molar-refractivity contribution >= 4 is 34.6 Å². The van der Waals surface area contributed by atoms with Gasteiger partial charge in [0.1, 0.15) is 5.56 Å². The fourth-order valence-corrected chi connectivity index (χ4v) is 3.19. The Kier molecular flexibility index (Phi) is 4.68. The number of rotatable bonds is 5. The third-order valence-corrected chi connectivity index (χ3v) is 4.54. The Hall–Kier alpha value is -1.52. The van der Waals surface area contributed by atoms with Gasteiger partial charge in [-0.15, -0.1) is 11.3 Å². The highest BCUT2D eigenvalue weighted by atomic mass is 35.5. The monoisotopic (exact) mass is 309 g/mol. The second kappa shape index (κ2) is 6.29. The van der Waals surface area contributed by atoms with E-state index in [-0.39, 0.29) is 16.6 Å². The van der Waals surface area contributed by atoms with Gasteiger partial charge in [-0.25, -0.2) is 4.79 Å². The van der Waals surface area contributed by atoms with Gasteiger partial charge in [0.05, 0.1) is 10.7 Å². The molecule has 1 N–H and O–H groups in total. The van der Waals surface area contributed by atoms with Crippen LogP contribution in [0, 0.1) is 0 Å². The van der Waals surface area contributed by atoms with Gasteiger partial charge in [0.25, 0.3) is 0 Å².